The number of carbonyl (C=O) groups is 2. The molecule has 1 aromatic heterocycles. The summed E-state index contributed by atoms with van der Waals surface area (Å²) in [7, 11) is 1.60. The minimum absolute atomic E-state index is 0.123. The summed E-state index contributed by atoms with van der Waals surface area (Å²) in [6, 6.07) is 23.5. The molecule has 0 fully saturated rings. The predicted molar refractivity (Wildman–Crippen MR) is 136 cm³/mol. The number of hydrogen-bond donors (Lipinski definition) is 3. The number of anilines is 4. The third-order valence-corrected chi connectivity index (χ3v) is 6.53. The lowest BCUT2D eigenvalue weighted by Gasteiger charge is -2.11. The number of hydrogen-bond acceptors (Lipinski definition) is 8. The van der Waals surface area contributed by atoms with Crippen molar-refractivity contribution in [3.8, 4) is 5.75 Å². The zero-order chi connectivity index (χ0) is 23.8. The number of rotatable bonds is 9. The average molecular weight is 492 g/mol. The van der Waals surface area contributed by atoms with Crippen LogP contribution in [0.4, 0.5) is 22.2 Å². The summed E-state index contributed by atoms with van der Waals surface area (Å²) in [6.07, 6.45) is 0. The fourth-order valence-corrected chi connectivity index (χ4v) is 4.57. The van der Waals surface area contributed by atoms with Gasteiger partial charge >= 0.3 is 0 Å². The Bertz CT molecular complexity index is 1280. The molecular formula is C24H21N5O3S2. The molecule has 0 atom stereocenters. The number of nitrogens with zero attached hydrogens (tertiary/aromatic N) is 2. The van der Waals surface area contributed by atoms with Crippen molar-refractivity contribution in [3.63, 3.8) is 0 Å². The van der Waals surface area contributed by atoms with Gasteiger partial charge in [-0.25, -0.2) is 0 Å². The Hall–Kier alpha value is -3.89. The monoisotopic (exact) mass is 491 g/mol. The van der Waals surface area contributed by atoms with E-state index >= 15 is 0 Å². The van der Waals surface area contributed by atoms with E-state index in [0.717, 1.165) is 5.69 Å². The van der Waals surface area contributed by atoms with Crippen molar-refractivity contribution in [2.75, 3.05) is 28.8 Å². The van der Waals surface area contributed by atoms with Crippen LogP contribution in [0.25, 0.3) is 0 Å². The van der Waals surface area contributed by atoms with E-state index in [1.54, 1.807) is 43.5 Å². The topological polar surface area (TPSA) is 105 Å². The Morgan fingerprint density at radius 1 is 0.882 bits per heavy atom. The third kappa shape index (κ3) is 6.12. The van der Waals surface area contributed by atoms with E-state index in [-0.39, 0.29) is 17.6 Å². The van der Waals surface area contributed by atoms with Gasteiger partial charge in [0.05, 0.1) is 29.8 Å². The smallest absolute Gasteiger partial charge is 0.257 e. The van der Waals surface area contributed by atoms with Gasteiger partial charge in [-0.05, 0) is 36.4 Å². The SMILES string of the molecule is COc1ccccc1Nc1nnc(SCC(=O)Nc2ccccc2C(=O)Nc2ccccc2)s1. The molecule has 0 spiro atoms. The van der Waals surface area contributed by atoms with Crippen molar-refractivity contribution in [3.05, 3.63) is 84.4 Å². The van der Waals surface area contributed by atoms with Gasteiger partial charge in [0.2, 0.25) is 11.0 Å². The maximum Gasteiger partial charge on any atom is 0.257 e. The molecule has 0 saturated heterocycles. The number of carbonyl (C=O) groups excluding carboxylic acids is 2. The van der Waals surface area contributed by atoms with Crippen LogP contribution in [0.15, 0.2) is 83.2 Å². The van der Waals surface area contributed by atoms with E-state index in [9.17, 15) is 9.59 Å². The molecule has 8 nitrogen and oxygen atoms in total. The van der Waals surface area contributed by atoms with Crippen LogP contribution in [0, 0.1) is 0 Å². The van der Waals surface area contributed by atoms with Crippen molar-refractivity contribution in [1.82, 2.24) is 10.2 Å². The highest BCUT2D eigenvalue weighted by Crippen LogP contribution is 2.31. The molecule has 0 aliphatic heterocycles. The molecule has 0 radical (unpaired) electrons. The van der Waals surface area contributed by atoms with Gasteiger partial charge in [-0.1, -0.05) is 65.6 Å². The van der Waals surface area contributed by atoms with E-state index in [1.165, 1.54) is 23.1 Å². The lowest BCUT2D eigenvalue weighted by atomic mass is 10.1. The predicted octanol–water partition coefficient (Wildman–Crippen LogP) is 5.27. The van der Waals surface area contributed by atoms with Gasteiger partial charge in [-0.15, -0.1) is 10.2 Å². The van der Waals surface area contributed by atoms with Gasteiger partial charge < -0.3 is 20.7 Å². The van der Waals surface area contributed by atoms with E-state index < -0.39 is 0 Å². The molecule has 3 N–H and O–H groups in total. The first-order chi connectivity index (χ1) is 16.6. The van der Waals surface area contributed by atoms with Gasteiger partial charge in [0.1, 0.15) is 5.75 Å². The molecule has 3 aromatic carbocycles. The largest absolute Gasteiger partial charge is 0.495 e. The van der Waals surface area contributed by atoms with Crippen LogP contribution in [0.5, 0.6) is 5.75 Å². The van der Waals surface area contributed by atoms with Gasteiger partial charge in [-0.2, -0.15) is 0 Å². The van der Waals surface area contributed by atoms with E-state index in [0.29, 0.717) is 32.2 Å². The summed E-state index contributed by atoms with van der Waals surface area (Å²) in [5.74, 6) is 0.268. The van der Waals surface area contributed by atoms with Crippen molar-refractivity contribution >= 4 is 57.1 Å². The summed E-state index contributed by atoms with van der Waals surface area (Å²) in [5, 5.41) is 17.7. The first kappa shape index (κ1) is 23.3. The molecule has 0 aliphatic rings. The molecule has 0 unspecified atom stereocenters. The lowest BCUT2D eigenvalue weighted by Crippen LogP contribution is -2.19. The lowest BCUT2D eigenvalue weighted by molar-refractivity contribution is -0.113. The standard InChI is InChI=1S/C24H21N5O3S2/c1-32-20-14-8-7-13-19(20)27-23-28-29-24(34-23)33-15-21(30)26-18-12-6-5-11-17(18)22(31)25-16-9-3-2-4-10-16/h2-14H,15H2,1H3,(H,25,31)(H,26,30)(H,27,28). The summed E-state index contributed by atoms with van der Waals surface area (Å²) in [4.78, 5) is 25.3. The van der Waals surface area contributed by atoms with Crippen molar-refractivity contribution in [2.24, 2.45) is 0 Å². The third-order valence-electron chi connectivity index (χ3n) is 4.56. The van der Waals surface area contributed by atoms with Crippen LogP contribution in [-0.2, 0) is 4.79 Å². The second-order valence-electron chi connectivity index (χ2n) is 6.90. The molecule has 4 aromatic rings. The first-order valence-electron chi connectivity index (χ1n) is 10.2. The maximum atomic E-state index is 12.7. The van der Waals surface area contributed by atoms with Gasteiger partial charge in [0.15, 0.2) is 4.34 Å². The van der Waals surface area contributed by atoms with Gasteiger partial charge in [0, 0.05) is 5.69 Å². The summed E-state index contributed by atoms with van der Waals surface area (Å²) in [6.45, 7) is 0. The summed E-state index contributed by atoms with van der Waals surface area (Å²) < 4.78 is 5.97. The Morgan fingerprint density at radius 3 is 2.38 bits per heavy atom. The highest BCUT2D eigenvalue weighted by atomic mass is 32.2. The maximum absolute atomic E-state index is 12.7. The van der Waals surface area contributed by atoms with E-state index in [1.807, 2.05) is 42.5 Å². The molecule has 4 rings (SSSR count). The Morgan fingerprint density at radius 2 is 1.59 bits per heavy atom. The Labute approximate surface area is 204 Å². The Balaban J connectivity index is 1.34. The van der Waals surface area contributed by atoms with Crippen LogP contribution in [0.2, 0.25) is 0 Å². The quantitative estimate of drug-likeness (QED) is 0.274. The summed E-state index contributed by atoms with van der Waals surface area (Å²) >= 11 is 2.60. The van der Waals surface area contributed by atoms with Crippen molar-refractivity contribution in [2.45, 2.75) is 4.34 Å². The highest BCUT2D eigenvalue weighted by Gasteiger charge is 2.15. The normalized spacial score (nSPS) is 10.4. The molecule has 0 bridgehead atoms. The summed E-state index contributed by atoms with van der Waals surface area (Å²) in [5.41, 5.74) is 2.28. The number of nitrogens with one attached hydrogen (secondary N) is 3. The van der Waals surface area contributed by atoms with Crippen LogP contribution >= 0.6 is 23.1 Å². The second-order valence-corrected chi connectivity index (χ2v) is 9.10. The fraction of sp³-hybridized carbons (Fsp3) is 0.0833. The number of thioether (sulfide) groups is 1. The molecule has 1 heterocycles. The number of para-hydroxylation sites is 4. The first-order valence-corrected chi connectivity index (χ1v) is 12.0. The van der Waals surface area contributed by atoms with Crippen molar-refractivity contribution in [1.29, 1.82) is 0 Å². The number of aromatic nitrogens is 2. The average Bonchev–Trinajstić information content (AvgIpc) is 3.31. The highest BCUT2D eigenvalue weighted by molar-refractivity contribution is 8.01. The van der Waals surface area contributed by atoms with Crippen LogP contribution in [-0.4, -0.2) is 34.9 Å². The molecule has 0 saturated carbocycles. The molecule has 10 heteroatoms. The van der Waals surface area contributed by atoms with E-state index in [2.05, 4.69) is 26.1 Å². The minimum atomic E-state index is -0.300. The van der Waals surface area contributed by atoms with Gasteiger partial charge in [0.25, 0.3) is 5.91 Å². The van der Waals surface area contributed by atoms with Crippen molar-refractivity contribution < 1.29 is 14.3 Å². The molecular weight excluding hydrogens is 470 g/mol. The molecule has 0 aliphatic carbocycles. The zero-order valence-corrected chi connectivity index (χ0v) is 19.8. The fourth-order valence-electron chi connectivity index (χ4n) is 3.01. The number of benzene rings is 3. The number of methoxy groups -OCH3 is 1. The molecule has 172 valence electrons. The zero-order valence-electron chi connectivity index (χ0n) is 18.1. The molecule has 2 amide bonds. The molecule has 34 heavy (non-hydrogen) atoms. The van der Waals surface area contributed by atoms with Crippen LogP contribution < -0.4 is 20.7 Å². The van der Waals surface area contributed by atoms with Crippen LogP contribution in [0.3, 0.4) is 0 Å². The van der Waals surface area contributed by atoms with Gasteiger partial charge in [-0.3, -0.25) is 9.59 Å². The number of amides is 2. The van der Waals surface area contributed by atoms with Crippen LogP contribution in [0.1, 0.15) is 10.4 Å². The van der Waals surface area contributed by atoms with E-state index in [4.69, 9.17) is 4.74 Å². The second kappa shape index (κ2) is 11.3. The number of ether oxygens (including phenoxy) is 1. The Kier molecular flexibility index (Phi) is 7.74. The minimum Gasteiger partial charge on any atom is -0.495 e.